The van der Waals surface area contributed by atoms with E-state index in [-0.39, 0.29) is 22.9 Å². The lowest BCUT2D eigenvalue weighted by atomic mass is 10.2. The summed E-state index contributed by atoms with van der Waals surface area (Å²) in [5, 5.41) is 0. The van der Waals surface area contributed by atoms with Crippen LogP contribution in [-0.4, -0.2) is 55.2 Å². The van der Waals surface area contributed by atoms with Crippen molar-refractivity contribution in [2.45, 2.75) is 36.8 Å². The summed E-state index contributed by atoms with van der Waals surface area (Å²) in [6.07, 6.45) is 1.77. The van der Waals surface area contributed by atoms with Gasteiger partial charge in [0, 0.05) is 20.7 Å². The molecule has 1 rings (SSSR count). The van der Waals surface area contributed by atoms with Gasteiger partial charge in [0.05, 0.1) is 17.5 Å². The topological polar surface area (TPSA) is 38.8 Å². The van der Waals surface area contributed by atoms with Crippen LogP contribution in [0.5, 0.6) is 0 Å². The van der Waals surface area contributed by atoms with E-state index in [1.165, 1.54) is 0 Å². The minimum Gasteiger partial charge on any atom is -0.383 e. The lowest BCUT2D eigenvalue weighted by Crippen LogP contribution is -2.40. The third-order valence-corrected chi connectivity index (χ3v) is 3.26. The Morgan fingerprint density at radius 2 is 2.31 bits per heavy atom. The molecular formula is C11H20BrNO3. The number of alkyl halides is 1. The van der Waals surface area contributed by atoms with E-state index in [1.807, 2.05) is 6.92 Å². The van der Waals surface area contributed by atoms with Gasteiger partial charge in [0.2, 0.25) is 0 Å². The van der Waals surface area contributed by atoms with Gasteiger partial charge < -0.3 is 14.4 Å². The SMILES string of the molecule is COCC(Br)CN(C)C(=O)C1CCC(C)O1. The number of methoxy groups -OCH3 is 1. The van der Waals surface area contributed by atoms with Crippen molar-refractivity contribution >= 4 is 21.8 Å². The molecule has 0 aromatic carbocycles. The third-order valence-electron chi connectivity index (χ3n) is 2.70. The van der Waals surface area contributed by atoms with Gasteiger partial charge in [-0.3, -0.25) is 4.79 Å². The molecule has 4 nitrogen and oxygen atoms in total. The van der Waals surface area contributed by atoms with Crippen LogP contribution in [0.1, 0.15) is 19.8 Å². The number of rotatable bonds is 5. The molecule has 0 bridgehead atoms. The number of carbonyl (C=O) groups is 1. The molecule has 1 aliphatic heterocycles. The number of amides is 1. The number of likely N-dealkylation sites (N-methyl/N-ethyl adjacent to an activating group) is 1. The van der Waals surface area contributed by atoms with E-state index in [0.29, 0.717) is 13.2 Å². The average Bonchev–Trinajstić information content (AvgIpc) is 2.64. The van der Waals surface area contributed by atoms with Gasteiger partial charge >= 0.3 is 0 Å². The minimum absolute atomic E-state index is 0.0740. The van der Waals surface area contributed by atoms with E-state index in [1.54, 1.807) is 19.1 Å². The summed E-state index contributed by atoms with van der Waals surface area (Å²) in [4.78, 5) is 13.9. The second-order valence-electron chi connectivity index (χ2n) is 4.28. The first kappa shape index (κ1) is 13.9. The van der Waals surface area contributed by atoms with Crippen molar-refractivity contribution < 1.29 is 14.3 Å². The van der Waals surface area contributed by atoms with Crippen LogP contribution in [0.25, 0.3) is 0 Å². The smallest absolute Gasteiger partial charge is 0.251 e. The first-order valence-corrected chi connectivity index (χ1v) is 6.49. The molecule has 1 saturated heterocycles. The molecule has 1 aliphatic rings. The van der Waals surface area contributed by atoms with Crippen molar-refractivity contribution in [2.24, 2.45) is 0 Å². The zero-order valence-corrected chi connectivity index (χ0v) is 11.7. The summed E-state index contributed by atoms with van der Waals surface area (Å²) in [5.41, 5.74) is 0. The molecule has 1 heterocycles. The Bertz CT molecular complexity index is 237. The Morgan fingerprint density at radius 3 is 2.81 bits per heavy atom. The molecule has 94 valence electrons. The molecule has 16 heavy (non-hydrogen) atoms. The molecule has 3 unspecified atom stereocenters. The summed E-state index contributed by atoms with van der Waals surface area (Å²) in [7, 11) is 3.45. The summed E-state index contributed by atoms with van der Waals surface area (Å²) in [6, 6.07) is 0. The maximum absolute atomic E-state index is 12.0. The van der Waals surface area contributed by atoms with Crippen LogP contribution in [0.4, 0.5) is 0 Å². The predicted octanol–water partition coefficient (Wildman–Crippen LogP) is 1.42. The molecule has 1 amide bonds. The highest BCUT2D eigenvalue weighted by atomic mass is 79.9. The van der Waals surface area contributed by atoms with Gasteiger partial charge in [0.25, 0.3) is 5.91 Å². The lowest BCUT2D eigenvalue weighted by molar-refractivity contribution is -0.141. The largest absolute Gasteiger partial charge is 0.383 e. The monoisotopic (exact) mass is 293 g/mol. The molecule has 5 heteroatoms. The number of hydrogen-bond acceptors (Lipinski definition) is 3. The van der Waals surface area contributed by atoms with Gasteiger partial charge in [-0.1, -0.05) is 15.9 Å². The molecule has 0 N–H and O–H groups in total. The Labute approximate surface area is 105 Å². The molecule has 3 atom stereocenters. The molecule has 0 spiro atoms. The van der Waals surface area contributed by atoms with Crippen LogP contribution >= 0.6 is 15.9 Å². The zero-order chi connectivity index (χ0) is 12.1. The fraction of sp³-hybridized carbons (Fsp3) is 0.909. The third kappa shape index (κ3) is 4.03. The first-order valence-electron chi connectivity index (χ1n) is 5.58. The number of ether oxygens (including phenoxy) is 2. The molecule has 0 aliphatic carbocycles. The molecular weight excluding hydrogens is 274 g/mol. The van der Waals surface area contributed by atoms with Crippen LogP contribution < -0.4 is 0 Å². The Hall–Kier alpha value is -0.130. The fourth-order valence-electron chi connectivity index (χ4n) is 1.85. The molecule has 0 aromatic heterocycles. The lowest BCUT2D eigenvalue weighted by Gasteiger charge is -2.23. The van der Waals surface area contributed by atoms with Crippen LogP contribution in [0.3, 0.4) is 0 Å². The van der Waals surface area contributed by atoms with Crippen molar-refractivity contribution in [3.63, 3.8) is 0 Å². The van der Waals surface area contributed by atoms with Gasteiger partial charge in [-0.25, -0.2) is 0 Å². The quantitative estimate of drug-likeness (QED) is 0.720. The highest BCUT2D eigenvalue weighted by molar-refractivity contribution is 9.09. The molecule has 0 saturated carbocycles. The second kappa shape index (κ2) is 6.57. The van der Waals surface area contributed by atoms with E-state index in [4.69, 9.17) is 9.47 Å². The highest BCUT2D eigenvalue weighted by Crippen LogP contribution is 2.20. The Morgan fingerprint density at radius 1 is 1.62 bits per heavy atom. The van der Waals surface area contributed by atoms with Gasteiger partial charge in [0.1, 0.15) is 6.10 Å². The number of halogens is 1. The minimum atomic E-state index is -0.248. The van der Waals surface area contributed by atoms with Crippen molar-refractivity contribution in [3.8, 4) is 0 Å². The van der Waals surface area contributed by atoms with Crippen LogP contribution in [0.15, 0.2) is 0 Å². The van der Waals surface area contributed by atoms with Crippen molar-refractivity contribution in [1.82, 2.24) is 4.90 Å². The summed E-state index contributed by atoms with van der Waals surface area (Å²) >= 11 is 3.47. The molecule has 0 radical (unpaired) electrons. The normalized spacial score (nSPS) is 26.8. The summed E-state index contributed by atoms with van der Waals surface area (Å²) < 4.78 is 10.6. The van der Waals surface area contributed by atoms with E-state index < -0.39 is 0 Å². The zero-order valence-electron chi connectivity index (χ0n) is 10.1. The van der Waals surface area contributed by atoms with Gasteiger partial charge in [-0.15, -0.1) is 0 Å². The number of hydrogen-bond donors (Lipinski definition) is 0. The second-order valence-corrected chi connectivity index (χ2v) is 5.58. The summed E-state index contributed by atoms with van der Waals surface area (Å²) in [5.74, 6) is 0.0740. The molecule has 1 fully saturated rings. The van der Waals surface area contributed by atoms with Crippen LogP contribution in [0, 0.1) is 0 Å². The van der Waals surface area contributed by atoms with E-state index in [9.17, 15) is 4.79 Å². The predicted molar refractivity (Wildman–Crippen MR) is 65.8 cm³/mol. The summed E-state index contributed by atoms with van der Waals surface area (Å²) in [6.45, 7) is 3.24. The van der Waals surface area contributed by atoms with E-state index >= 15 is 0 Å². The number of nitrogens with zero attached hydrogens (tertiary/aromatic N) is 1. The number of carbonyl (C=O) groups excluding carboxylic acids is 1. The fourth-order valence-corrected chi connectivity index (χ4v) is 2.55. The maximum Gasteiger partial charge on any atom is 0.251 e. The van der Waals surface area contributed by atoms with E-state index in [2.05, 4.69) is 15.9 Å². The van der Waals surface area contributed by atoms with Crippen molar-refractivity contribution in [1.29, 1.82) is 0 Å². The van der Waals surface area contributed by atoms with Gasteiger partial charge in [0.15, 0.2) is 0 Å². The molecule has 0 aromatic rings. The highest BCUT2D eigenvalue weighted by Gasteiger charge is 2.30. The van der Waals surface area contributed by atoms with Gasteiger partial charge in [-0.2, -0.15) is 0 Å². The Balaban J connectivity index is 2.35. The van der Waals surface area contributed by atoms with E-state index in [0.717, 1.165) is 12.8 Å². The van der Waals surface area contributed by atoms with Crippen LogP contribution in [-0.2, 0) is 14.3 Å². The maximum atomic E-state index is 12.0. The van der Waals surface area contributed by atoms with Crippen molar-refractivity contribution in [3.05, 3.63) is 0 Å². The van der Waals surface area contributed by atoms with Gasteiger partial charge in [-0.05, 0) is 19.8 Å². The Kier molecular flexibility index (Phi) is 5.72. The average molecular weight is 294 g/mol. The van der Waals surface area contributed by atoms with Crippen molar-refractivity contribution in [2.75, 3.05) is 27.3 Å². The standard InChI is InChI=1S/C11H20BrNO3/c1-8-4-5-10(16-8)11(14)13(2)6-9(12)7-15-3/h8-10H,4-7H2,1-3H3. The van der Waals surface area contributed by atoms with Crippen LogP contribution in [0.2, 0.25) is 0 Å². The first-order chi connectivity index (χ1) is 7.54.